The van der Waals surface area contributed by atoms with Gasteiger partial charge in [-0.15, -0.1) is 0 Å². The highest BCUT2D eigenvalue weighted by atomic mass is 32.2. The van der Waals surface area contributed by atoms with Crippen LogP contribution in [-0.2, 0) is 5.75 Å². The van der Waals surface area contributed by atoms with Gasteiger partial charge in [-0.1, -0.05) is 0 Å². The van der Waals surface area contributed by atoms with Gasteiger partial charge in [-0.2, -0.15) is 16.1 Å². The second-order valence-electron chi connectivity index (χ2n) is 2.57. The quantitative estimate of drug-likeness (QED) is 0.608. The summed E-state index contributed by atoms with van der Waals surface area (Å²) in [6.07, 6.45) is 0. The highest BCUT2D eigenvalue weighted by Crippen LogP contribution is 2.12. The first-order valence-electron chi connectivity index (χ1n) is 4.39. The molecule has 2 N–H and O–H groups in total. The van der Waals surface area contributed by atoms with Crippen molar-refractivity contribution in [3.8, 4) is 0 Å². The number of amides is 2. The van der Waals surface area contributed by atoms with Gasteiger partial charge in [-0.05, 0) is 29.5 Å². The summed E-state index contributed by atoms with van der Waals surface area (Å²) < 4.78 is 6.88. The smallest absolute Gasteiger partial charge is 0.324 e. The molecule has 7 heteroatoms. The van der Waals surface area contributed by atoms with Crippen LogP contribution in [-0.4, -0.2) is 29.0 Å². The molecule has 0 aromatic carbocycles. The van der Waals surface area contributed by atoms with E-state index < -0.39 is 0 Å². The third kappa shape index (κ3) is 5.91. The van der Waals surface area contributed by atoms with E-state index in [1.807, 2.05) is 23.2 Å². The van der Waals surface area contributed by atoms with Gasteiger partial charge in [0.1, 0.15) is 0 Å². The fourth-order valence-corrected chi connectivity index (χ4v) is 3.03. The van der Waals surface area contributed by atoms with E-state index in [4.69, 9.17) is 0 Å². The van der Waals surface area contributed by atoms with Crippen LogP contribution in [0.25, 0.3) is 0 Å². The lowest BCUT2D eigenvalue weighted by Crippen LogP contribution is -2.27. The van der Waals surface area contributed by atoms with Crippen LogP contribution < -0.4 is 10.0 Å². The van der Waals surface area contributed by atoms with E-state index in [0.29, 0.717) is 0 Å². The first-order chi connectivity index (χ1) is 7.33. The summed E-state index contributed by atoms with van der Waals surface area (Å²) in [4.78, 5) is 10.8. The maximum atomic E-state index is 10.8. The van der Waals surface area contributed by atoms with Crippen molar-refractivity contribution >= 4 is 41.3 Å². The van der Waals surface area contributed by atoms with Crippen LogP contribution in [0.3, 0.4) is 0 Å². The zero-order valence-electron chi connectivity index (χ0n) is 8.36. The Kier molecular flexibility index (Phi) is 6.62. The highest BCUT2D eigenvalue weighted by Gasteiger charge is 1.97. The molecule has 0 radical (unpaired) electrons. The fourth-order valence-electron chi connectivity index (χ4n) is 0.757. The molecule has 0 unspecified atom stereocenters. The maximum Gasteiger partial charge on any atom is 0.324 e. The number of nitrogens with one attached hydrogen (secondary N) is 2. The first kappa shape index (κ1) is 12.7. The van der Waals surface area contributed by atoms with Crippen LogP contribution in [0.4, 0.5) is 4.79 Å². The Bertz CT molecular complexity index is 279. The van der Waals surface area contributed by atoms with E-state index in [9.17, 15) is 4.79 Å². The minimum Gasteiger partial charge on any atom is -0.341 e. The van der Waals surface area contributed by atoms with Gasteiger partial charge in [-0.25, -0.2) is 4.79 Å². The van der Waals surface area contributed by atoms with Gasteiger partial charge in [0.2, 0.25) is 0 Å². The molecule has 84 valence electrons. The topological polar surface area (TPSA) is 54.0 Å². The largest absolute Gasteiger partial charge is 0.341 e. The Morgan fingerprint density at radius 2 is 2.47 bits per heavy atom. The monoisotopic (exact) mass is 263 g/mol. The summed E-state index contributed by atoms with van der Waals surface area (Å²) in [5.74, 6) is 2.86. The Balaban J connectivity index is 1.91. The first-order valence-corrected chi connectivity index (χ1v) is 7.37. The molecule has 0 spiro atoms. The SMILES string of the molecule is CNC(=O)NSCCSCc1ccsn1. The van der Waals surface area contributed by atoms with Crippen LogP contribution in [0.1, 0.15) is 5.69 Å². The van der Waals surface area contributed by atoms with Gasteiger partial charge in [0.05, 0.1) is 5.69 Å². The summed E-state index contributed by atoms with van der Waals surface area (Å²) in [5.41, 5.74) is 1.13. The van der Waals surface area contributed by atoms with E-state index in [-0.39, 0.29) is 6.03 Å². The lowest BCUT2D eigenvalue weighted by molar-refractivity contribution is 0.248. The predicted octanol–water partition coefficient (Wildman–Crippen LogP) is 1.95. The molecule has 1 heterocycles. The number of rotatable bonds is 6. The molecular formula is C8H13N3OS3. The van der Waals surface area contributed by atoms with Gasteiger partial charge in [0.25, 0.3) is 0 Å². The molecule has 0 bridgehead atoms. The molecule has 0 aliphatic carbocycles. The predicted molar refractivity (Wildman–Crippen MR) is 68.3 cm³/mol. The van der Waals surface area contributed by atoms with Gasteiger partial charge in [0.15, 0.2) is 0 Å². The number of nitrogens with zero attached hydrogens (tertiary/aromatic N) is 1. The van der Waals surface area contributed by atoms with Gasteiger partial charge in [-0.3, -0.25) is 4.72 Å². The van der Waals surface area contributed by atoms with Crippen LogP contribution in [0.2, 0.25) is 0 Å². The Labute approximate surface area is 102 Å². The molecule has 0 aliphatic heterocycles. The summed E-state index contributed by atoms with van der Waals surface area (Å²) in [6, 6.07) is 1.89. The minimum absolute atomic E-state index is 0.149. The molecule has 0 saturated carbocycles. The second kappa shape index (κ2) is 7.84. The number of urea groups is 1. The summed E-state index contributed by atoms with van der Waals surface area (Å²) in [6.45, 7) is 0. The number of aromatic nitrogens is 1. The third-order valence-corrected chi connectivity index (χ3v) is 4.05. The third-order valence-electron chi connectivity index (χ3n) is 1.46. The van der Waals surface area contributed by atoms with E-state index in [0.717, 1.165) is 23.0 Å². The molecule has 0 saturated heterocycles. The van der Waals surface area contributed by atoms with E-state index >= 15 is 0 Å². The number of carbonyl (C=O) groups excluding carboxylic acids is 1. The highest BCUT2D eigenvalue weighted by molar-refractivity contribution is 8.01. The van der Waals surface area contributed by atoms with Crippen molar-refractivity contribution in [3.63, 3.8) is 0 Å². The maximum absolute atomic E-state index is 10.8. The Hall–Kier alpha value is -0.400. The van der Waals surface area contributed by atoms with E-state index in [2.05, 4.69) is 14.4 Å². The van der Waals surface area contributed by atoms with Crippen molar-refractivity contribution in [1.29, 1.82) is 0 Å². The standard InChI is InChI=1S/C8H13N3OS3/c1-9-8(12)11-15-5-4-13-6-7-2-3-14-10-7/h2-3H,4-6H2,1H3,(H2,9,11,12). The zero-order valence-corrected chi connectivity index (χ0v) is 10.8. The fraction of sp³-hybridized carbons (Fsp3) is 0.500. The average molecular weight is 263 g/mol. The van der Waals surface area contributed by atoms with Gasteiger partial charge >= 0.3 is 6.03 Å². The Morgan fingerprint density at radius 3 is 3.13 bits per heavy atom. The lowest BCUT2D eigenvalue weighted by atomic mass is 10.5. The lowest BCUT2D eigenvalue weighted by Gasteiger charge is -2.02. The van der Waals surface area contributed by atoms with Crippen molar-refractivity contribution in [2.24, 2.45) is 0 Å². The molecule has 0 aliphatic rings. The second-order valence-corrected chi connectivity index (χ2v) is 5.24. The number of hydrogen-bond acceptors (Lipinski definition) is 5. The van der Waals surface area contributed by atoms with Crippen LogP contribution in [0.5, 0.6) is 0 Å². The van der Waals surface area contributed by atoms with Gasteiger partial charge in [0, 0.05) is 29.7 Å². The molecule has 0 fully saturated rings. The normalized spacial score (nSPS) is 9.93. The number of carbonyl (C=O) groups is 1. The van der Waals surface area contributed by atoms with Crippen molar-refractivity contribution < 1.29 is 4.79 Å². The molecule has 1 aromatic rings. The average Bonchev–Trinajstić information content (AvgIpc) is 2.75. The van der Waals surface area contributed by atoms with Crippen LogP contribution in [0, 0.1) is 0 Å². The molecule has 2 amide bonds. The summed E-state index contributed by atoms with van der Waals surface area (Å²) >= 11 is 4.73. The van der Waals surface area contributed by atoms with E-state index in [1.165, 1.54) is 23.5 Å². The van der Waals surface area contributed by atoms with Crippen LogP contribution in [0.15, 0.2) is 11.4 Å². The summed E-state index contributed by atoms with van der Waals surface area (Å²) in [7, 11) is 1.60. The van der Waals surface area contributed by atoms with E-state index in [1.54, 1.807) is 7.05 Å². The van der Waals surface area contributed by atoms with Crippen molar-refractivity contribution in [1.82, 2.24) is 14.4 Å². The molecule has 0 atom stereocenters. The molecule has 1 rings (SSSR count). The molecular weight excluding hydrogens is 250 g/mol. The number of hydrogen-bond donors (Lipinski definition) is 2. The molecule has 15 heavy (non-hydrogen) atoms. The zero-order chi connectivity index (χ0) is 10.9. The van der Waals surface area contributed by atoms with Crippen molar-refractivity contribution in [2.75, 3.05) is 18.6 Å². The number of thioether (sulfide) groups is 1. The van der Waals surface area contributed by atoms with Crippen molar-refractivity contribution in [2.45, 2.75) is 5.75 Å². The minimum atomic E-state index is -0.149. The van der Waals surface area contributed by atoms with Crippen molar-refractivity contribution in [3.05, 3.63) is 17.1 Å². The molecule has 4 nitrogen and oxygen atoms in total. The summed E-state index contributed by atoms with van der Waals surface area (Å²) in [5, 5.41) is 4.48. The Morgan fingerprint density at radius 1 is 1.60 bits per heavy atom. The van der Waals surface area contributed by atoms with Gasteiger partial charge < -0.3 is 5.32 Å². The van der Waals surface area contributed by atoms with Crippen LogP contribution >= 0.6 is 35.2 Å². The molecule has 1 aromatic heterocycles.